The number of hydrogen-bond acceptors (Lipinski definition) is 3. The van der Waals surface area contributed by atoms with Crippen LogP contribution >= 0.6 is 0 Å². The molecule has 0 bridgehead atoms. The number of amides is 3. The van der Waals surface area contributed by atoms with Crippen molar-refractivity contribution in [2.24, 2.45) is 5.92 Å². The summed E-state index contributed by atoms with van der Waals surface area (Å²) in [4.78, 5) is 40.6. The molecule has 0 aliphatic carbocycles. The molecule has 168 valence electrons. The fourth-order valence-electron chi connectivity index (χ4n) is 4.05. The van der Waals surface area contributed by atoms with Gasteiger partial charge in [0.05, 0.1) is 0 Å². The molecule has 1 aliphatic heterocycles. The summed E-state index contributed by atoms with van der Waals surface area (Å²) in [5.41, 5.74) is 2.01. The summed E-state index contributed by atoms with van der Waals surface area (Å²) in [6.45, 7) is 0.937. The minimum Gasteiger partial charge on any atom is -0.341 e. The Morgan fingerprint density at radius 1 is 0.758 bits per heavy atom. The van der Waals surface area contributed by atoms with Crippen LogP contribution in [0.4, 0.5) is 5.69 Å². The van der Waals surface area contributed by atoms with Crippen LogP contribution in [0.5, 0.6) is 0 Å². The Kier molecular flexibility index (Phi) is 7.15. The molecule has 1 atom stereocenters. The Morgan fingerprint density at radius 3 is 1.91 bits per heavy atom. The van der Waals surface area contributed by atoms with Gasteiger partial charge in [0.2, 0.25) is 11.8 Å². The number of nitrogens with one attached hydrogen (secondary N) is 2. The molecule has 6 heteroatoms. The molecule has 3 aromatic carbocycles. The lowest BCUT2D eigenvalue weighted by molar-refractivity contribution is -0.136. The number of nitrogens with zero attached hydrogens (tertiary/aromatic N) is 1. The van der Waals surface area contributed by atoms with Crippen LogP contribution in [0.1, 0.15) is 34.8 Å². The Balaban J connectivity index is 1.41. The van der Waals surface area contributed by atoms with E-state index < -0.39 is 6.04 Å². The van der Waals surface area contributed by atoms with Gasteiger partial charge in [0.1, 0.15) is 6.04 Å². The zero-order chi connectivity index (χ0) is 23.0. The molecule has 1 heterocycles. The highest BCUT2D eigenvalue weighted by Crippen LogP contribution is 2.24. The quantitative estimate of drug-likeness (QED) is 0.606. The molecule has 0 spiro atoms. The van der Waals surface area contributed by atoms with Crippen LogP contribution in [-0.2, 0) is 9.59 Å². The second kappa shape index (κ2) is 10.6. The van der Waals surface area contributed by atoms with E-state index in [1.165, 1.54) is 0 Å². The number of piperidine rings is 1. The molecule has 1 saturated heterocycles. The predicted molar refractivity (Wildman–Crippen MR) is 127 cm³/mol. The van der Waals surface area contributed by atoms with Crippen LogP contribution in [0.3, 0.4) is 0 Å². The zero-order valence-corrected chi connectivity index (χ0v) is 18.3. The van der Waals surface area contributed by atoms with Gasteiger partial charge in [0, 0.05) is 30.3 Å². The highest BCUT2D eigenvalue weighted by Gasteiger charge is 2.32. The van der Waals surface area contributed by atoms with Gasteiger partial charge >= 0.3 is 0 Å². The van der Waals surface area contributed by atoms with Crippen molar-refractivity contribution in [3.05, 3.63) is 102 Å². The normalized spacial score (nSPS) is 14.8. The topological polar surface area (TPSA) is 78.5 Å². The number of para-hydroxylation sites is 1. The van der Waals surface area contributed by atoms with Crippen molar-refractivity contribution < 1.29 is 14.4 Å². The summed E-state index contributed by atoms with van der Waals surface area (Å²) in [6.07, 6.45) is 1.16. The first kappa shape index (κ1) is 22.3. The van der Waals surface area contributed by atoms with Gasteiger partial charge in [-0.25, -0.2) is 0 Å². The number of carbonyl (C=O) groups excluding carboxylic acids is 3. The van der Waals surface area contributed by atoms with Crippen LogP contribution in [0, 0.1) is 5.92 Å². The van der Waals surface area contributed by atoms with E-state index in [-0.39, 0.29) is 23.6 Å². The lowest BCUT2D eigenvalue weighted by Crippen LogP contribution is -2.47. The first-order valence-corrected chi connectivity index (χ1v) is 11.2. The van der Waals surface area contributed by atoms with Gasteiger partial charge in [-0.1, -0.05) is 66.7 Å². The van der Waals surface area contributed by atoms with Crippen molar-refractivity contribution in [1.82, 2.24) is 10.2 Å². The number of rotatable bonds is 6. The lowest BCUT2D eigenvalue weighted by atomic mass is 9.94. The Hall–Kier alpha value is -3.93. The Morgan fingerprint density at radius 2 is 1.30 bits per heavy atom. The van der Waals surface area contributed by atoms with Crippen molar-refractivity contribution in [3.8, 4) is 0 Å². The van der Waals surface area contributed by atoms with E-state index in [4.69, 9.17) is 0 Å². The van der Waals surface area contributed by atoms with Gasteiger partial charge in [0.15, 0.2) is 0 Å². The minimum absolute atomic E-state index is 0.0229. The average molecular weight is 442 g/mol. The lowest BCUT2D eigenvalue weighted by Gasteiger charge is -2.34. The molecule has 1 aliphatic rings. The van der Waals surface area contributed by atoms with Crippen molar-refractivity contribution in [3.63, 3.8) is 0 Å². The monoisotopic (exact) mass is 441 g/mol. The van der Waals surface area contributed by atoms with Crippen LogP contribution in [0.25, 0.3) is 0 Å². The summed E-state index contributed by atoms with van der Waals surface area (Å²) in [5.74, 6) is -0.629. The second-order valence-electron chi connectivity index (χ2n) is 8.14. The van der Waals surface area contributed by atoms with Crippen molar-refractivity contribution in [2.45, 2.75) is 18.9 Å². The molecule has 1 fully saturated rings. The summed E-state index contributed by atoms with van der Waals surface area (Å²) in [6, 6.07) is 26.7. The minimum atomic E-state index is -0.784. The molecule has 6 nitrogen and oxygen atoms in total. The standard InChI is InChI=1S/C27H27N3O3/c31-25(28-23-14-8-3-9-15-23)22-16-18-30(19-17-22)27(33)24(20-10-4-1-5-11-20)29-26(32)21-12-6-2-7-13-21/h1-15,22,24H,16-19H2,(H,28,31)(H,29,32)/t24-/m1/s1. The van der Waals surface area contributed by atoms with Gasteiger partial charge in [-0.05, 0) is 42.7 Å². The van der Waals surface area contributed by atoms with Gasteiger partial charge in [0.25, 0.3) is 5.91 Å². The number of hydrogen-bond donors (Lipinski definition) is 2. The molecule has 4 rings (SSSR count). The fourth-order valence-corrected chi connectivity index (χ4v) is 4.05. The molecule has 2 N–H and O–H groups in total. The number of benzene rings is 3. The van der Waals surface area contributed by atoms with E-state index >= 15 is 0 Å². The maximum absolute atomic E-state index is 13.4. The zero-order valence-electron chi connectivity index (χ0n) is 18.3. The van der Waals surface area contributed by atoms with E-state index in [0.29, 0.717) is 31.5 Å². The fraction of sp³-hybridized carbons (Fsp3) is 0.222. The maximum atomic E-state index is 13.4. The van der Waals surface area contributed by atoms with Gasteiger partial charge in [-0.2, -0.15) is 0 Å². The smallest absolute Gasteiger partial charge is 0.252 e. The molecule has 3 aromatic rings. The highest BCUT2D eigenvalue weighted by atomic mass is 16.2. The van der Waals surface area contributed by atoms with E-state index in [0.717, 1.165) is 11.3 Å². The summed E-state index contributed by atoms with van der Waals surface area (Å²) < 4.78 is 0. The molecular formula is C27H27N3O3. The third kappa shape index (κ3) is 5.66. The average Bonchev–Trinajstić information content (AvgIpc) is 2.88. The third-order valence-corrected chi connectivity index (χ3v) is 5.91. The van der Waals surface area contributed by atoms with Crippen molar-refractivity contribution in [2.75, 3.05) is 18.4 Å². The van der Waals surface area contributed by atoms with Crippen LogP contribution < -0.4 is 10.6 Å². The van der Waals surface area contributed by atoms with E-state index in [1.54, 1.807) is 29.2 Å². The van der Waals surface area contributed by atoms with E-state index in [1.807, 2.05) is 66.7 Å². The van der Waals surface area contributed by atoms with E-state index in [2.05, 4.69) is 10.6 Å². The first-order valence-electron chi connectivity index (χ1n) is 11.2. The Bertz CT molecular complexity index is 1080. The molecule has 0 unspecified atom stereocenters. The van der Waals surface area contributed by atoms with Gasteiger partial charge in [-0.3, -0.25) is 14.4 Å². The SMILES string of the molecule is O=C(N[C@@H](C(=O)N1CCC(C(=O)Nc2ccccc2)CC1)c1ccccc1)c1ccccc1. The summed E-state index contributed by atoms with van der Waals surface area (Å²) in [5, 5.41) is 5.85. The highest BCUT2D eigenvalue weighted by molar-refractivity contribution is 5.98. The second-order valence-corrected chi connectivity index (χ2v) is 8.14. The number of likely N-dealkylation sites (tertiary alicyclic amines) is 1. The third-order valence-electron chi connectivity index (χ3n) is 5.91. The maximum Gasteiger partial charge on any atom is 0.252 e. The molecule has 0 radical (unpaired) electrons. The summed E-state index contributed by atoms with van der Waals surface area (Å²) in [7, 11) is 0. The molecule has 3 amide bonds. The summed E-state index contributed by atoms with van der Waals surface area (Å²) >= 11 is 0. The first-order chi connectivity index (χ1) is 16.1. The predicted octanol–water partition coefficient (Wildman–Crippen LogP) is 4.04. The molecule has 0 aromatic heterocycles. The molecule has 0 saturated carbocycles. The van der Waals surface area contributed by atoms with E-state index in [9.17, 15) is 14.4 Å². The molecule has 33 heavy (non-hydrogen) atoms. The number of carbonyl (C=O) groups is 3. The van der Waals surface area contributed by atoms with Crippen LogP contribution in [-0.4, -0.2) is 35.7 Å². The largest absolute Gasteiger partial charge is 0.341 e. The van der Waals surface area contributed by atoms with Crippen LogP contribution in [0.2, 0.25) is 0 Å². The number of anilines is 1. The van der Waals surface area contributed by atoms with Crippen molar-refractivity contribution >= 4 is 23.4 Å². The van der Waals surface area contributed by atoms with Crippen molar-refractivity contribution in [1.29, 1.82) is 0 Å². The van der Waals surface area contributed by atoms with Gasteiger partial charge in [-0.15, -0.1) is 0 Å². The Labute approximate surface area is 193 Å². The van der Waals surface area contributed by atoms with Gasteiger partial charge < -0.3 is 15.5 Å². The van der Waals surface area contributed by atoms with Crippen LogP contribution in [0.15, 0.2) is 91.0 Å². The molecular weight excluding hydrogens is 414 g/mol.